The van der Waals surface area contributed by atoms with Crippen molar-refractivity contribution in [2.75, 3.05) is 26.1 Å². The molecule has 3 aromatic rings. The molecule has 2 heterocycles. The van der Waals surface area contributed by atoms with E-state index in [0.29, 0.717) is 22.6 Å². The predicted molar refractivity (Wildman–Crippen MR) is 139 cm³/mol. The second kappa shape index (κ2) is 9.57. The van der Waals surface area contributed by atoms with Crippen LogP contribution in [0.4, 0.5) is 5.69 Å². The van der Waals surface area contributed by atoms with E-state index in [1.54, 1.807) is 18.2 Å². The van der Waals surface area contributed by atoms with Crippen molar-refractivity contribution < 1.29 is 23.8 Å². The highest BCUT2D eigenvalue weighted by molar-refractivity contribution is 6.46. The quantitative estimate of drug-likeness (QED) is 0.289. The van der Waals surface area contributed by atoms with Crippen LogP contribution in [0.25, 0.3) is 5.76 Å². The molecule has 0 radical (unpaired) electrons. The molecule has 36 heavy (non-hydrogen) atoms. The van der Waals surface area contributed by atoms with Crippen molar-refractivity contribution in [1.82, 2.24) is 4.90 Å². The molecule has 1 fully saturated rings. The largest absolute Gasteiger partial charge is 0.507 e. The van der Waals surface area contributed by atoms with Gasteiger partial charge in [0.25, 0.3) is 11.7 Å². The number of carbonyl (C=O) groups excluding carboxylic acids is 2. The molecule has 1 aromatic heterocycles. The van der Waals surface area contributed by atoms with Crippen molar-refractivity contribution in [3.63, 3.8) is 0 Å². The first-order valence-electron chi connectivity index (χ1n) is 11.8. The van der Waals surface area contributed by atoms with Crippen LogP contribution in [0, 0.1) is 0 Å². The molecule has 1 saturated heterocycles. The van der Waals surface area contributed by atoms with Gasteiger partial charge >= 0.3 is 0 Å². The Morgan fingerprint density at radius 2 is 1.78 bits per heavy atom. The monoisotopic (exact) mass is 488 g/mol. The summed E-state index contributed by atoms with van der Waals surface area (Å²) in [6, 6.07) is 15.8. The van der Waals surface area contributed by atoms with Crippen molar-refractivity contribution in [1.29, 1.82) is 0 Å². The SMILES string of the molecule is COc1ccc(C(C)(C)C)cc1/C(O)=C1\C(=O)C(=O)N(Cc2ccco2)C1c1ccc(N(C)C)cc1. The van der Waals surface area contributed by atoms with Gasteiger partial charge in [-0.2, -0.15) is 0 Å². The van der Waals surface area contributed by atoms with Gasteiger partial charge in [-0.3, -0.25) is 9.59 Å². The zero-order valence-electron chi connectivity index (χ0n) is 21.5. The summed E-state index contributed by atoms with van der Waals surface area (Å²) in [5, 5.41) is 11.6. The highest BCUT2D eigenvalue weighted by Crippen LogP contribution is 2.42. The van der Waals surface area contributed by atoms with Gasteiger partial charge in [0.2, 0.25) is 0 Å². The third-order valence-electron chi connectivity index (χ3n) is 6.49. The molecule has 1 N–H and O–H groups in total. The Morgan fingerprint density at radius 3 is 2.33 bits per heavy atom. The molecule has 1 amide bonds. The number of nitrogens with zero attached hydrogens (tertiary/aromatic N) is 2. The van der Waals surface area contributed by atoms with Gasteiger partial charge in [-0.05, 0) is 52.9 Å². The van der Waals surface area contributed by atoms with Crippen LogP contribution >= 0.6 is 0 Å². The highest BCUT2D eigenvalue weighted by Gasteiger charge is 2.46. The van der Waals surface area contributed by atoms with Crippen molar-refractivity contribution in [2.45, 2.75) is 38.8 Å². The first-order chi connectivity index (χ1) is 17.0. The number of ether oxygens (including phenoxy) is 1. The van der Waals surface area contributed by atoms with E-state index in [2.05, 4.69) is 20.8 Å². The molecule has 0 aliphatic carbocycles. The summed E-state index contributed by atoms with van der Waals surface area (Å²) in [4.78, 5) is 30.1. The average molecular weight is 489 g/mol. The van der Waals surface area contributed by atoms with E-state index < -0.39 is 17.7 Å². The number of amides is 1. The smallest absolute Gasteiger partial charge is 0.296 e. The molecule has 188 valence electrons. The van der Waals surface area contributed by atoms with Crippen LogP contribution in [0.1, 0.15) is 49.3 Å². The van der Waals surface area contributed by atoms with Crippen LogP contribution in [0.15, 0.2) is 70.9 Å². The standard InChI is InChI=1S/C29H32N2O5/c1-29(2,3)19-11-14-23(35-6)22(16-19)26(32)24-25(18-9-12-20(13-10-18)30(4)5)31(28(34)27(24)33)17-21-8-7-15-36-21/h7-16,25,32H,17H2,1-6H3/b26-24+. The third-order valence-corrected chi connectivity index (χ3v) is 6.49. The molecule has 1 atom stereocenters. The van der Waals surface area contributed by atoms with E-state index in [0.717, 1.165) is 11.3 Å². The van der Waals surface area contributed by atoms with E-state index in [9.17, 15) is 14.7 Å². The Hall–Kier alpha value is -4.00. The van der Waals surface area contributed by atoms with Crippen LogP contribution < -0.4 is 9.64 Å². The molecular formula is C29H32N2O5. The van der Waals surface area contributed by atoms with Gasteiger partial charge in [-0.1, -0.05) is 39.0 Å². The Labute approximate surface area is 211 Å². The van der Waals surface area contributed by atoms with E-state index in [1.807, 2.05) is 55.4 Å². The van der Waals surface area contributed by atoms with Crippen molar-refractivity contribution in [3.8, 4) is 5.75 Å². The van der Waals surface area contributed by atoms with Gasteiger partial charge in [0.1, 0.15) is 17.3 Å². The molecule has 1 aliphatic heterocycles. The second-order valence-electron chi connectivity index (χ2n) is 10.2. The molecule has 0 bridgehead atoms. The minimum absolute atomic E-state index is 0.0218. The number of furan rings is 1. The molecular weight excluding hydrogens is 456 g/mol. The van der Waals surface area contributed by atoms with Crippen molar-refractivity contribution in [2.24, 2.45) is 0 Å². The lowest BCUT2D eigenvalue weighted by atomic mass is 9.85. The Balaban J connectivity index is 1.92. The summed E-state index contributed by atoms with van der Waals surface area (Å²) in [6.45, 7) is 6.28. The number of aliphatic hydroxyl groups excluding tert-OH is 1. The van der Waals surface area contributed by atoms with E-state index in [4.69, 9.17) is 9.15 Å². The maximum atomic E-state index is 13.4. The maximum Gasteiger partial charge on any atom is 0.296 e. The van der Waals surface area contributed by atoms with Gasteiger partial charge in [-0.15, -0.1) is 0 Å². The lowest BCUT2D eigenvalue weighted by molar-refractivity contribution is -0.140. The lowest BCUT2D eigenvalue weighted by Gasteiger charge is -2.25. The molecule has 7 nitrogen and oxygen atoms in total. The minimum atomic E-state index is -0.797. The van der Waals surface area contributed by atoms with Crippen LogP contribution in [-0.4, -0.2) is 42.9 Å². The number of carbonyl (C=O) groups is 2. The molecule has 2 aromatic carbocycles. The summed E-state index contributed by atoms with van der Waals surface area (Å²) in [7, 11) is 5.38. The topological polar surface area (TPSA) is 83.2 Å². The number of likely N-dealkylation sites (tertiary alicyclic amines) is 1. The van der Waals surface area contributed by atoms with Crippen LogP contribution in [-0.2, 0) is 21.5 Å². The molecule has 0 saturated carbocycles. The van der Waals surface area contributed by atoms with Gasteiger partial charge in [0, 0.05) is 19.8 Å². The minimum Gasteiger partial charge on any atom is -0.507 e. The molecule has 4 rings (SSSR count). The average Bonchev–Trinajstić information content (AvgIpc) is 3.45. The zero-order chi connectivity index (χ0) is 26.2. The van der Waals surface area contributed by atoms with Crippen molar-refractivity contribution >= 4 is 23.1 Å². The first kappa shape index (κ1) is 25.1. The molecule has 7 heteroatoms. The summed E-state index contributed by atoms with van der Waals surface area (Å²) in [5.74, 6) is -0.747. The fourth-order valence-electron chi connectivity index (χ4n) is 4.42. The number of hydrogen-bond donors (Lipinski definition) is 1. The zero-order valence-corrected chi connectivity index (χ0v) is 21.5. The molecule has 1 unspecified atom stereocenters. The Kier molecular flexibility index (Phi) is 6.67. The van der Waals surface area contributed by atoms with Crippen LogP contribution in [0.5, 0.6) is 5.75 Å². The maximum absolute atomic E-state index is 13.4. The Morgan fingerprint density at radius 1 is 1.08 bits per heavy atom. The van der Waals surface area contributed by atoms with E-state index >= 15 is 0 Å². The summed E-state index contributed by atoms with van der Waals surface area (Å²) < 4.78 is 11.0. The number of ketones is 1. The van der Waals surface area contributed by atoms with Gasteiger partial charge in [-0.25, -0.2) is 0 Å². The fraction of sp³-hybridized carbons (Fsp3) is 0.310. The highest BCUT2D eigenvalue weighted by atomic mass is 16.5. The number of methoxy groups -OCH3 is 1. The van der Waals surface area contributed by atoms with Crippen LogP contribution in [0.3, 0.4) is 0 Å². The molecule has 1 aliphatic rings. The normalized spacial score (nSPS) is 17.5. The van der Waals surface area contributed by atoms with Gasteiger partial charge in [0.15, 0.2) is 0 Å². The molecule has 0 spiro atoms. The Bertz CT molecular complexity index is 1300. The number of anilines is 1. The number of aliphatic hydroxyl groups is 1. The second-order valence-corrected chi connectivity index (χ2v) is 10.2. The van der Waals surface area contributed by atoms with Crippen molar-refractivity contribution in [3.05, 3.63) is 88.9 Å². The fourth-order valence-corrected chi connectivity index (χ4v) is 4.42. The third kappa shape index (κ3) is 4.61. The van der Waals surface area contributed by atoms with Gasteiger partial charge in [0.05, 0.1) is 37.1 Å². The van der Waals surface area contributed by atoms with E-state index in [-0.39, 0.29) is 23.3 Å². The first-order valence-corrected chi connectivity index (χ1v) is 11.8. The summed E-state index contributed by atoms with van der Waals surface area (Å²) in [5.41, 5.74) is 2.83. The summed E-state index contributed by atoms with van der Waals surface area (Å²) >= 11 is 0. The number of benzene rings is 2. The number of Topliss-reactive ketones (excluding diaryl/α,β-unsaturated/α-hetero) is 1. The summed E-state index contributed by atoms with van der Waals surface area (Å²) in [6.07, 6.45) is 1.52. The van der Waals surface area contributed by atoms with E-state index in [1.165, 1.54) is 18.3 Å². The predicted octanol–water partition coefficient (Wildman–Crippen LogP) is 5.27. The van der Waals surface area contributed by atoms with Crippen LogP contribution in [0.2, 0.25) is 0 Å². The lowest BCUT2D eigenvalue weighted by Crippen LogP contribution is -2.29. The number of rotatable bonds is 6. The number of hydrogen-bond acceptors (Lipinski definition) is 6. The van der Waals surface area contributed by atoms with Gasteiger partial charge < -0.3 is 24.1 Å².